The maximum Gasteiger partial charge on any atom is 0.225 e. The summed E-state index contributed by atoms with van der Waals surface area (Å²) >= 11 is 0. The molecule has 1 aromatic carbocycles. The summed E-state index contributed by atoms with van der Waals surface area (Å²) in [4.78, 5) is 29.4. The minimum Gasteiger partial charge on any atom is -0.353 e. The lowest BCUT2D eigenvalue weighted by Gasteiger charge is -2.40. The van der Waals surface area contributed by atoms with Crippen molar-refractivity contribution in [2.45, 2.75) is 50.6 Å². The van der Waals surface area contributed by atoms with Crippen molar-refractivity contribution in [3.8, 4) is 0 Å². The van der Waals surface area contributed by atoms with Crippen LogP contribution in [0, 0.1) is 17.7 Å². The normalized spacial score (nSPS) is 28.5. The summed E-state index contributed by atoms with van der Waals surface area (Å²) in [7, 11) is 5.88. The fraction of sp³-hybridized carbons (Fsp3) is 0.636. The third-order valence-corrected chi connectivity index (χ3v) is 6.25. The van der Waals surface area contributed by atoms with Crippen molar-refractivity contribution < 1.29 is 14.0 Å². The van der Waals surface area contributed by atoms with Gasteiger partial charge in [-0.25, -0.2) is 4.39 Å². The van der Waals surface area contributed by atoms with E-state index in [1.807, 2.05) is 0 Å². The molecule has 1 aromatic rings. The second-order valence-corrected chi connectivity index (χ2v) is 8.57. The Morgan fingerprint density at radius 1 is 1.18 bits per heavy atom. The molecule has 2 aliphatic rings. The number of benzene rings is 1. The zero-order valence-corrected chi connectivity index (χ0v) is 17.2. The maximum absolute atomic E-state index is 13.4. The summed E-state index contributed by atoms with van der Waals surface area (Å²) in [6.45, 7) is 0.968. The first-order valence-corrected chi connectivity index (χ1v) is 10.3. The van der Waals surface area contributed by atoms with E-state index < -0.39 is 0 Å². The predicted molar refractivity (Wildman–Crippen MR) is 107 cm³/mol. The monoisotopic (exact) mass is 389 g/mol. The number of hydrogen-bond acceptors (Lipinski definition) is 3. The van der Waals surface area contributed by atoms with Crippen LogP contribution >= 0.6 is 0 Å². The Morgan fingerprint density at radius 3 is 2.54 bits per heavy atom. The van der Waals surface area contributed by atoms with E-state index in [2.05, 4.69) is 24.3 Å². The quantitative estimate of drug-likeness (QED) is 0.842. The Bertz CT molecular complexity index is 692. The first-order valence-electron chi connectivity index (χ1n) is 10.3. The number of amides is 2. The molecule has 3 rings (SSSR count). The summed E-state index contributed by atoms with van der Waals surface area (Å²) in [5.41, 5.74) is 0.811. The van der Waals surface area contributed by atoms with Gasteiger partial charge in [0.25, 0.3) is 0 Å². The first-order chi connectivity index (χ1) is 13.4. The molecule has 4 atom stereocenters. The Balaban J connectivity index is 1.77. The van der Waals surface area contributed by atoms with Crippen LogP contribution < -0.4 is 5.32 Å². The lowest BCUT2D eigenvalue weighted by Crippen LogP contribution is -2.51. The number of nitrogens with zero attached hydrogens (tertiary/aromatic N) is 2. The van der Waals surface area contributed by atoms with Gasteiger partial charge in [-0.15, -0.1) is 0 Å². The molecule has 28 heavy (non-hydrogen) atoms. The molecule has 1 saturated carbocycles. The van der Waals surface area contributed by atoms with Gasteiger partial charge in [-0.05, 0) is 57.0 Å². The van der Waals surface area contributed by atoms with Crippen molar-refractivity contribution in [1.82, 2.24) is 15.1 Å². The van der Waals surface area contributed by atoms with Crippen LogP contribution in [0.5, 0.6) is 0 Å². The Morgan fingerprint density at radius 2 is 1.86 bits per heavy atom. The van der Waals surface area contributed by atoms with Crippen LogP contribution in [0.3, 0.4) is 0 Å². The van der Waals surface area contributed by atoms with E-state index in [-0.39, 0.29) is 35.6 Å². The number of rotatable bonds is 5. The molecule has 1 heterocycles. The molecular weight excluding hydrogens is 357 g/mol. The largest absolute Gasteiger partial charge is 0.353 e. The zero-order valence-electron chi connectivity index (χ0n) is 17.2. The molecule has 1 aliphatic heterocycles. The summed E-state index contributed by atoms with van der Waals surface area (Å²) in [6, 6.07) is 5.99. The van der Waals surface area contributed by atoms with Crippen molar-refractivity contribution in [3.05, 3.63) is 35.6 Å². The summed E-state index contributed by atoms with van der Waals surface area (Å²) in [6.07, 6.45) is 5.39. The number of halogens is 1. The second-order valence-electron chi connectivity index (χ2n) is 8.57. The van der Waals surface area contributed by atoms with Gasteiger partial charge in [0, 0.05) is 26.1 Å². The molecule has 0 spiro atoms. The number of likely N-dealkylation sites (tertiary alicyclic amines) is 1. The first kappa shape index (κ1) is 20.8. The number of hydrogen-bond donors (Lipinski definition) is 1. The van der Waals surface area contributed by atoms with Gasteiger partial charge in [-0.3, -0.25) is 9.59 Å². The smallest absolute Gasteiger partial charge is 0.225 e. The van der Waals surface area contributed by atoms with Crippen LogP contribution in [-0.4, -0.2) is 55.3 Å². The number of nitrogens with one attached hydrogen (secondary N) is 1. The van der Waals surface area contributed by atoms with Gasteiger partial charge in [0.1, 0.15) is 5.82 Å². The van der Waals surface area contributed by atoms with Crippen LogP contribution in [0.1, 0.15) is 50.1 Å². The highest BCUT2D eigenvalue weighted by Crippen LogP contribution is 2.36. The number of piperidine rings is 1. The van der Waals surface area contributed by atoms with Crippen molar-refractivity contribution in [1.29, 1.82) is 0 Å². The highest BCUT2D eigenvalue weighted by atomic mass is 19.1. The van der Waals surface area contributed by atoms with E-state index in [9.17, 15) is 14.0 Å². The fourth-order valence-electron chi connectivity index (χ4n) is 4.80. The standard InChI is InChI=1S/C22H32FN3O2/c1-25(2)14-16-6-4-5-7-19(16)24-22(28)18-12-13-20(27)26(3)21(18)15-8-10-17(23)11-9-15/h8-11,16,18-19,21H,4-7,12-14H2,1-3H3,(H,24,28). The molecule has 2 amide bonds. The predicted octanol–water partition coefficient (Wildman–Crippen LogP) is 2.97. The zero-order chi connectivity index (χ0) is 20.3. The minimum atomic E-state index is -0.349. The molecule has 4 unspecified atom stereocenters. The van der Waals surface area contributed by atoms with E-state index in [0.717, 1.165) is 31.4 Å². The summed E-state index contributed by atoms with van der Waals surface area (Å²) in [5, 5.41) is 3.31. The second kappa shape index (κ2) is 9.03. The van der Waals surface area contributed by atoms with Crippen molar-refractivity contribution in [2.24, 2.45) is 11.8 Å². The van der Waals surface area contributed by atoms with Gasteiger partial charge < -0.3 is 15.1 Å². The molecule has 6 heteroatoms. The van der Waals surface area contributed by atoms with Gasteiger partial charge in [0.05, 0.1) is 12.0 Å². The molecule has 1 N–H and O–H groups in total. The van der Waals surface area contributed by atoms with Gasteiger partial charge in [-0.1, -0.05) is 25.0 Å². The number of carbonyl (C=O) groups is 2. The molecule has 5 nitrogen and oxygen atoms in total. The van der Waals surface area contributed by atoms with Crippen molar-refractivity contribution >= 4 is 11.8 Å². The van der Waals surface area contributed by atoms with Gasteiger partial charge in [0.2, 0.25) is 11.8 Å². The molecule has 1 saturated heterocycles. The van der Waals surface area contributed by atoms with Crippen molar-refractivity contribution in [2.75, 3.05) is 27.7 Å². The van der Waals surface area contributed by atoms with Gasteiger partial charge in [-0.2, -0.15) is 0 Å². The highest BCUT2D eigenvalue weighted by Gasteiger charge is 2.40. The molecular formula is C22H32FN3O2. The summed E-state index contributed by atoms with van der Waals surface area (Å²) in [5.74, 6) is -0.121. The lowest BCUT2D eigenvalue weighted by atomic mass is 9.81. The minimum absolute atomic E-state index is 0.0179. The van der Waals surface area contributed by atoms with Crippen LogP contribution in [0.2, 0.25) is 0 Å². The van der Waals surface area contributed by atoms with Gasteiger partial charge >= 0.3 is 0 Å². The van der Waals surface area contributed by atoms with E-state index in [4.69, 9.17) is 0 Å². The number of carbonyl (C=O) groups excluding carboxylic acids is 2. The van der Waals surface area contributed by atoms with Crippen molar-refractivity contribution in [3.63, 3.8) is 0 Å². The van der Waals surface area contributed by atoms with Crippen LogP contribution in [0.15, 0.2) is 24.3 Å². The molecule has 0 aromatic heterocycles. The molecule has 154 valence electrons. The third kappa shape index (κ3) is 4.72. The Kier molecular flexibility index (Phi) is 6.70. The Labute approximate surface area is 167 Å². The molecule has 2 fully saturated rings. The highest BCUT2D eigenvalue weighted by molar-refractivity contribution is 5.85. The molecule has 0 radical (unpaired) electrons. The van der Waals surface area contributed by atoms with Crippen LogP contribution in [0.25, 0.3) is 0 Å². The topological polar surface area (TPSA) is 52.7 Å². The average molecular weight is 390 g/mol. The van der Waals surface area contributed by atoms with E-state index in [0.29, 0.717) is 18.8 Å². The molecule has 0 bridgehead atoms. The summed E-state index contributed by atoms with van der Waals surface area (Å²) < 4.78 is 13.4. The SMILES string of the molecule is CN(C)CC1CCCCC1NC(=O)C1CCC(=O)N(C)C1c1ccc(F)cc1. The van der Waals surface area contributed by atoms with E-state index in [1.54, 1.807) is 24.1 Å². The maximum atomic E-state index is 13.4. The van der Waals surface area contributed by atoms with Crippen LogP contribution in [0.4, 0.5) is 4.39 Å². The lowest BCUT2D eigenvalue weighted by molar-refractivity contribution is -0.142. The third-order valence-electron chi connectivity index (χ3n) is 6.25. The van der Waals surface area contributed by atoms with Gasteiger partial charge in [0.15, 0.2) is 0 Å². The average Bonchev–Trinajstić information content (AvgIpc) is 2.66. The molecule has 1 aliphatic carbocycles. The van der Waals surface area contributed by atoms with E-state index in [1.165, 1.54) is 18.6 Å². The fourth-order valence-corrected chi connectivity index (χ4v) is 4.80. The van der Waals surface area contributed by atoms with E-state index >= 15 is 0 Å². The van der Waals surface area contributed by atoms with Crippen LogP contribution in [-0.2, 0) is 9.59 Å². The Hall–Kier alpha value is -1.95.